The molecule has 0 bridgehead atoms. The first-order valence-electron chi connectivity index (χ1n) is 8.56. The minimum absolute atomic E-state index is 0. The van der Waals surface area contributed by atoms with Gasteiger partial charge in [0, 0.05) is 52.1 Å². The fraction of sp³-hybridized carbons (Fsp3) is 0.812. The first-order chi connectivity index (χ1) is 11.0. The molecule has 0 aromatic heterocycles. The summed E-state index contributed by atoms with van der Waals surface area (Å²) in [5, 5.41) is 6.21. The zero-order valence-electron chi connectivity index (χ0n) is 15.3. The van der Waals surface area contributed by atoms with Gasteiger partial charge in [-0.2, -0.15) is 0 Å². The molecule has 1 aliphatic heterocycles. The van der Waals surface area contributed by atoms with Crippen LogP contribution in [0.2, 0.25) is 0 Å². The van der Waals surface area contributed by atoms with Crippen LogP contribution in [-0.2, 0) is 9.59 Å². The third kappa shape index (κ3) is 8.16. The number of nitrogens with zero attached hydrogens (tertiary/aromatic N) is 3. The predicted octanol–water partition coefficient (Wildman–Crippen LogP) is 1.04. The summed E-state index contributed by atoms with van der Waals surface area (Å²) in [4.78, 5) is 31.7. The second-order valence-electron chi connectivity index (χ2n) is 5.86. The highest BCUT2D eigenvalue weighted by molar-refractivity contribution is 14.0. The largest absolute Gasteiger partial charge is 0.357 e. The van der Waals surface area contributed by atoms with Crippen LogP contribution in [0.1, 0.15) is 40.5 Å². The van der Waals surface area contributed by atoms with E-state index in [1.54, 1.807) is 6.92 Å². The lowest BCUT2D eigenvalue weighted by atomic mass is 10.2. The molecule has 1 unspecified atom stereocenters. The monoisotopic (exact) mass is 453 g/mol. The molecule has 1 atom stereocenters. The molecule has 0 radical (unpaired) electrons. The maximum Gasteiger partial charge on any atom is 0.222 e. The number of halogens is 1. The van der Waals surface area contributed by atoms with Crippen molar-refractivity contribution in [2.24, 2.45) is 4.99 Å². The first-order valence-corrected chi connectivity index (χ1v) is 8.56. The van der Waals surface area contributed by atoms with Crippen LogP contribution < -0.4 is 10.6 Å². The molecule has 0 aromatic carbocycles. The second kappa shape index (κ2) is 12.3. The van der Waals surface area contributed by atoms with Gasteiger partial charge in [0.05, 0.1) is 6.54 Å². The molecule has 7 nitrogen and oxygen atoms in total. The highest BCUT2D eigenvalue weighted by Crippen LogP contribution is 2.03. The van der Waals surface area contributed by atoms with Crippen LogP contribution in [0.25, 0.3) is 0 Å². The van der Waals surface area contributed by atoms with Gasteiger partial charge in [0.2, 0.25) is 11.8 Å². The lowest BCUT2D eigenvalue weighted by Gasteiger charge is -2.36. The van der Waals surface area contributed by atoms with Crippen molar-refractivity contribution in [3.63, 3.8) is 0 Å². The van der Waals surface area contributed by atoms with Crippen molar-refractivity contribution in [1.29, 1.82) is 0 Å². The predicted molar refractivity (Wildman–Crippen MR) is 108 cm³/mol. The van der Waals surface area contributed by atoms with Gasteiger partial charge >= 0.3 is 0 Å². The quantitative estimate of drug-likeness (QED) is 0.358. The molecule has 2 amide bonds. The van der Waals surface area contributed by atoms with E-state index in [-0.39, 0.29) is 41.8 Å². The van der Waals surface area contributed by atoms with Gasteiger partial charge in [-0.05, 0) is 20.3 Å². The molecule has 0 spiro atoms. The van der Waals surface area contributed by atoms with Gasteiger partial charge in [-0.1, -0.05) is 6.92 Å². The Morgan fingerprint density at radius 1 is 1.12 bits per heavy atom. The Morgan fingerprint density at radius 3 is 2.21 bits per heavy atom. The summed E-state index contributed by atoms with van der Waals surface area (Å²) < 4.78 is 0. The van der Waals surface area contributed by atoms with Gasteiger partial charge in [-0.15, -0.1) is 24.0 Å². The molecule has 1 fully saturated rings. The highest BCUT2D eigenvalue weighted by Gasteiger charge is 2.20. The minimum atomic E-state index is 0. The van der Waals surface area contributed by atoms with E-state index in [9.17, 15) is 9.59 Å². The Labute approximate surface area is 162 Å². The topological polar surface area (TPSA) is 77.0 Å². The number of carbonyl (C=O) groups excluding carboxylic acids is 2. The van der Waals surface area contributed by atoms with Crippen molar-refractivity contribution in [3.8, 4) is 0 Å². The van der Waals surface area contributed by atoms with Crippen LogP contribution >= 0.6 is 24.0 Å². The average Bonchev–Trinajstić information content (AvgIpc) is 2.54. The number of rotatable bonds is 6. The van der Waals surface area contributed by atoms with Crippen molar-refractivity contribution in [3.05, 3.63) is 0 Å². The molecule has 1 heterocycles. The summed E-state index contributed by atoms with van der Waals surface area (Å²) in [6.07, 6.45) is 1.32. The van der Waals surface area contributed by atoms with E-state index in [0.29, 0.717) is 26.1 Å². The molecule has 1 saturated heterocycles. The standard InChI is InChI=1S/C16H31N5O2.HI/c1-5-13(3)19-15(23)7-8-18-16(17-6-2)21-11-9-20(10-12-21)14(4)22;/h13H,5-12H2,1-4H3,(H,17,18)(H,19,23);1H. The summed E-state index contributed by atoms with van der Waals surface area (Å²) in [5.74, 6) is 0.987. The number of hydrogen-bond acceptors (Lipinski definition) is 3. The van der Waals surface area contributed by atoms with Gasteiger partial charge in [0.1, 0.15) is 0 Å². The Bertz CT molecular complexity index is 423. The molecule has 140 valence electrons. The van der Waals surface area contributed by atoms with Crippen LogP contribution in [0, 0.1) is 0 Å². The lowest BCUT2D eigenvalue weighted by molar-refractivity contribution is -0.130. The Balaban J connectivity index is 0.00000529. The third-order valence-corrected chi connectivity index (χ3v) is 3.98. The molecule has 1 rings (SSSR count). The van der Waals surface area contributed by atoms with Gasteiger partial charge in [-0.3, -0.25) is 14.6 Å². The number of nitrogens with one attached hydrogen (secondary N) is 2. The molecule has 0 saturated carbocycles. The van der Waals surface area contributed by atoms with E-state index in [4.69, 9.17) is 0 Å². The molecule has 2 N–H and O–H groups in total. The van der Waals surface area contributed by atoms with Crippen molar-refractivity contribution in [2.75, 3.05) is 39.3 Å². The summed E-state index contributed by atoms with van der Waals surface area (Å²) in [6, 6.07) is 0.208. The molecule has 1 aliphatic rings. The highest BCUT2D eigenvalue weighted by atomic mass is 127. The lowest BCUT2D eigenvalue weighted by Crippen LogP contribution is -2.53. The second-order valence-corrected chi connectivity index (χ2v) is 5.86. The first kappa shape index (κ1) is 22.9. The fourth-order valence-corrected chi connectivity index (χ4v) is 2.37. The molecule has 8 heteroatoms. The molecule has 24 heavy (non-hydrogen) atoms. The molecular formula is C16H32IN5O2. The number of carbonyl (C=O) groups is 2. The molecule has 0 aromatic rings. The van der Waals surface area contributed by atoms with E-state index in [2.05, 4.69) is 20.5 Å². The van der Waals surface area contributed by atoms with Crippen molar-refractivity contribution in [2.45, 2.75) is 46.6 Å². The summed E-state index contributed by atoms with van der Waals surface area (Å²) in [5.41, 5.74) is 0. The third-order valence-electron chi connectivity index (χ3n) is 3.98. The van der Waals surface area contributed by atoms with E-state index < -0.39 is 0 Å². The van der Waals surface area contributed by atoms with Crippen molar-refractivity contribution < 1.29 is 9.59 Å². The number of amides is 2. The van der Waals surface area contributed by atoms with E-state index in [0.717, 1.165) is 32.0 Å². The van der Waals surface area contributed by atoms with Gasteiger partial charge < -0.3 is 20.4 Å². The van der Waals surface area contributed by atoms with Gasteiger partial charge in [-0.25, -0.2) is 0 Å². The molecule has 0 aliphatic carbocycles. The summed E-state index contributed by atoms with van der Waals surface area (Å²) in [7, 11) is 0. The number of aliphatic imine (C=N–C) groups is 1. The van der Waals surface area contributed by atoms with E-state index >= 15 is 0 Å². The smallest absolute Gasteiger partial charge is 0.222 e. The normalized spacial score (nSPS) is 16.2. The summed E-state index contributed by atoms with van der Waals surface area (Å²) in [6.45, 7) is 11.9. The minimum Gasteiger partial charge on any atom is -0.357 e. The zero-order valence-corrected chi connectivity index (χ0v) is 17.6. The van der Waals surface area contributed by atoms with Crippen LogP contribution in [0.4, 0.5) is 0 Å². The number of guanidine groups is 1. The number of hydrogen-bond donors (Lipinski definition) is 2. The van der Waals surface area contributed by atoms with E-state index in [1.165, 1.54) is 0 Å². The Kier molecular flexibility index (Phi) is 11.8. The maximum absolute atomic E-state index is 11.8. The van der Waals surface area contributed by atoms with Crippen molar-refractivity contribution >= 4 is 41.8 Å². The molecular weight excluding hydrogens is 421 g/mol. The van der Waals surface area contributed by atoms with E-state index in [1.807, 2.05) is 25.7 Å². The van der Waals surface area contributed by atoms with Gasteiger partial charge in [0.15, 0.2) is 5.96 Å². The zero-order chi connectivity index (χ0) is 17.2. The van der Waals surface area contributed by atoms with Gasteiger partial charge in [0.25, 0.3) is 0 Å². The van der Waals surface area contributed by atoms with Crippen LogP contribution in [0.15, 0.2) is 4.99 Å². The Hall–Kier alpha value is -1.06. The average molecular weight is 453 g/mol. The number of piperazine rings is 1. The maximum atomic E-state index is 11.8. The SMILES string of the molecule is CCNC(=NCCC(=O)NC(C)CC)N1CCN(C(C)=O)CC1.I. The van der Waals surface area contributed by atoms with Crippen LogP contribution in [-0.4, -0.2) is 72.9 Å². The van der Waals surface area contributed by atoms with Crippen molar-refractivity contribution in [1.82, 2.24) is 20.4 Å². The Morgan fingerprint density at radius 2 is 1.71 bits per heavy atom. The van der Waals surface area contributed by atoms with Crippen LogP contribution in [0.5, 0.6) is 0 Å². The van der Waals surface area contributed by atoms with Crippen LogP contribution in [0.3, 0.4) is 0 Å². The fourth-order valence-electron chi connectivity index (χ4n) is 2.37. The summed E-state index contributed by atoms with van der Waals surface area (Å²) >= 11 is 0.